The van der Waals surface area contributed by atoms with Gasteiger partial charge in [0, 0.05) is 6.42 Å². The van der Waals surface area contributed by atoms with Gasteiger partial charge >= 0.3 is 6.18 Å². The van der Waals surface area contributed by atoms with E-state index < -0.39 is 30.6 Å². The molecular formula is C6H7F3O3. The van der Waals surface area contributed by atoms with Crippen LogP contribution in [0.4, 0.5) is 13.2 Å². The Morgan fingerprint density at radius 1 is 1.50 bits per heavy atom. The quantitative estimate of drug-likeness (QED) is 0.587. The van der Waals surface area contributed by atoms with Crippen molar-refractivity contribution >= 4 is 5.78 Å². The molecule has 0 aromatic carbocycles. The summed E-state index contributed by atoms with van der Waals surface area (Å²) >= 11 is 0. The third-order valence-electron chi connectivity index (χ3n) is 1.71. The summed E-state index contributed by atoms with van der Waals surface area (Å²) in [5, 5.41) is 8.88. The van der Waals surface area contributed by atoms with E-state index in [1.807, 2.05) is 0 Å². The van der Waals surface area contributed by atoms with Gasteiger partial charge in [0.15, 0.2) is 5.78 Å². The van der Waals surface area contributed by atoms with E-state index in [9.17, 15) is 18.0 Å². The molecule has 1 N–H and O–H groups in total. The standard InChI is InChI=1S/C6H7F3O3/c7-6(8,9)5(11)3-12-2-1-4(5)10/h11H,1-3H2. The highest BCUT2D eigenvalue weighted by Crippen LogP contribution is 2.34. The Kier molecular flexibility index (Phi) is 2.13. The average Bonchev–Trinajstić information content (AvgIpc) is 1.93. The number of carbonyl (C=O) groups is 1. The number of rotatable bonds is 0. The van der Waals surface area contributed by atoms with Crippen LogP contribution >= 0.6 is 0 Å². The van der Waals surface area contributed by atoms with Crippen molar-refractivity contribution in [2.45, 2.75) is 18.2 Å². The van der Waals surface area contributed by atoms with Crippen LogP contribution in [0.3, 0.4) is 0 Å². The molecule has 1 saturated heterocycles. The summed E-state index contributed by atoms with van der Waals surface area (Å²) in [6, 6.07) is 0. The molecule has 0 saturated carbocycles. The van der Waals surface area contributed by atoms with Crippen molar-refractivity contribution in [2.24, 2.45) is 0 Å². The first-order valence-electron chi connectivity index (χ1n) is 3.28. The van der Waals surface area contributed by atoms with Crippen LogP contribution in [0.15, 0.2) is 0 Å². The van der Waals surface area contributed by atoms with E-state index in [4.69, 9.17) is 5.11 Å². The number of Topliss-reactive ketones (excluding diaryl/α,β-unsaturated/α-hetero) is 1. The zero-order valence-corrected chi connectivity index (χ0v) is 6.02. The molecule has 6 heteroatoms. The van der Waals surface area contributed by atoms with Crippen LogP contribution in [0, 0.1) is 0 Å². The maximum atomic E-state index is 12.0. The van der Waals surface area contributed by atoms with E-state index in [0.29, 0.717) is 0 Å². The van der Waals surface area contributed by atoms with Crippen LogP contribution in [0.25, 0.3) is 0 Å². The predicted molar refractivity (Wildman–Crippen MR) is 31.4 cm³/mol. The Morgan fingerprint density at radius 3 is 2.42 bits per heavy atom. The lowest BCUT2D eigenvalue weighted by Crippen LogP contribution is -2.58. The summed E-state index contributed by atoms with van der Waals surface area (Å²) in [4.78, 5) is 10.7. The van der Waals surface area contributed by atoms with Gasteiger partial charge in [0.25, 0.3) is 0 Å². The smallest absolute Gasteiger partial charge is 0.377 e. The first kappa shape index (κ1) is 9.47. The predicted octanol–water partition coefficient (Wildman–Crippen LogP) is 0.269. The number of ether oxygens (including phenoxy) is 1. The first-order chi connectivity index (χ1) is 5.38. The van der Waals surface area contributed by atoms with Gasteiger partial charge in [0.05, 0.1) is 13.2 Å². The van der Waals surface area contributed by atoms with Gasteiger partial charge in [-0.2, -0.15) is 13.2 Å². The summed E-state index contributed by atoms with van der Waals surface area (Å²) in [7, 11) is 0. The lowest BCUT2D eigenvalue weighted by Gasteiger charge is -2.31. The molecule has 0 amide bonds. The highest BCUT2D eigenvalue weighted by Gasteiger charge is 2.60. The number of hydrogen-bond acceptors (Lipinski definition) is 3. The zero-order chi connectivity index (χ0) is 9.41. The molecule has 1 heterocycles. The Labute approximate surface area is 66.1 Å². The maximum Gasteiger partial charge on any atom is 0.426 e. The number of aliphatic hydroxyl groups is 1. The summed E-state index contributed by atoms with van der Waals surface area (Å²) in [6.45, 7) is -1.05. The van der Waals surface area contributed by atoms with Gasteiger partial charge < -0.3 is 9.84 Å². The van der Waals surface area contributed by atoms with Gasteiger partial charge in [-0.05, 0) is 0 Å². The minimum Gasteiger partial charge on any atom is -0.377 e. The number of alkyl halides is 3. The number of carbonyl (C=O) groups excluding carboxylic acids is 1. The molecule has 1 rings (SSSR count). The normalized spacial score (nSPS) is 32.2. The molecule has 1 fully saturated rings. The SMILES string of the molecule is O=C1CCOCC1(O)C(F)(F)F. The molecule has 1 aliphatic rings. The molecule has 1 aliphatic heterocycles. The van der Waals surface area contributed by atoms with Crippen molar-refractivity contribution in [1.29, 1.82) is 0 Å². The van der Waals surface area contributed by atoms with Crippen molar-refractivity contribution in [1.82, 2.24) is 0 Å². The van der Waals surface area contributed by atoms with Crippen LogP contribution in [0.2, 0.25) is 0 Å². The van der Waals surface area contributed by atoms with Crippen molar-refractivity contribution < 1.29 is 27.8 Å². The molecular weight excluding hydrogens is 177 g/mol. The molecule has 0 aliphatic carbocycles. The van der Waals surface area contributed by atoms with E-state index in [2.05, 4.69) is 4.74 Å². The molecule has 70 valence electrons. The molecule has 3 nitrogen and oxygen atoms in total. The van der Waals surface area contributed by atoms with E-state index in [1.165, 1.54) is 0 Å². The summed E-state index contributed by atoms with van der Waals surface area (Å²) < 4.78 is 40.5. The van der Waals surface area contributed by atoms with E-state index in [0.717, 1.165) is 0 Å². The molecule has 12 heavy (non-hydrogen) atoms. The van der Waals surface area contributed by atoms with Gasteiger partial charge in [-0.1, -0.05) is 0 Å². The fourth-order valence-corrected chi connectivity index (χ4v) is 0.912. The third-order valence-corrected chi connectivity index (χ3v) is 1.71. The largest absolute Gasteiger partial charge is 0.426 e. The van der Waals surface area contributed by atoms with Crippen LogP contribution in [0.1, 0.15) is 6.42 Å². The second-order valence-corrected chi connectivity index (χ2v) is 2.58. The fourth-order valence-electron chi connectivity index (χ4n) is 0.912. The number of hydrogen-bond donors (Lipinski definition) is 1. The molecule has 1 atom stereocenters. The van der Waals surface area contributed by atoms with Crippen molar-refractivity contribution in [3.05, 3.63) is 0 Å². The summed E-state index contributed by atoms with van der Waals surface area (Å²) in [5.74, 6) is -1.22. The molecule has 1 unspecified atom stereocenters. The molecule has 0 radical (unpaired) electrons. The van der Waals surface area contributed by atoms with Crippen LogP contribution in [-0.2, 0) is 9.53 Å². The monoisotopic (exact) mass is 184 g/mol. The summed E-state index contributed by atoms with van der Waals surface area (Å²) in [5.41, 5.74) is -3.29. The third kappa shape index (κ3) is 1.32. The Morgan fingerprint density at radius 2 is 2.08 bits per heavy atom. The molecule has 0 aromatic heterocycles. The van der Waals surface area contributed by atoms with Crippen molar-refractivity contribution in [2.75, 3.05) is 13.2 Å². The average molecular weight is 184 g/mol. The highest BCUT2D eigenvalue weighted by molar-refractivity contribution is 5.88. The van der Waals surface area contributed by atoms with Crippen molar-refractivity contribution in [3.8, 4) is 0 Å². The van der Waals surface area contributed by atoms with Gasteiger partial charge in [0.1, 0.15) is 0 Å². The second-order valence-electron chi connectivity index (χ2n) is 2.58. The Balaban J connectivity index is 2.87. The van der Waals surface area contributed by atoms with Crippen LogP contribution in [-0.4, -0.2) is 35.9 Å². The van der Waals surface area contributed by atoms with Gasteiger partial charge in [-0.3, -0.25) is 4.79 Å². The maximum absolute atomic E-state index is 12.0. The highest BCUT2D eigenvalue weighted by atomic mass is 19.4. The number of ketones is 1. The van der Waals surface area contributed by atoms with Gasteiger partial charge in [0.2, 0.25) is 5.60 Å². The van der Waals surface area contributed by atoms with Gasteiger partial charge in [-0.15, -0.1) is 0 Å². The van der Waals surface area contributed by atoms with Crippen LogP contribution in [0.5, 0.6) is 0 Å². The lowest BCUT2D eigenvalue weighted by atomic mass is 9.95. The zero-order valence-electron chi connectivity index (χ0n) is 6.02. The van der Waals surface area contributed by atoms with E-state index in [-0.39, 0.29) is 6.61 Å². The molecule has 0 spiro atoms. The minimum atomic E-state index is -4.94. The number of halogens is 3. The second kappa shape index (κ2) is 2.70. The van der Waals surface area contributed by atoms with Crippen molar-refractivity contribution in [3.63, 3.8) is 0 Å². The van der Waals surface area contributed by atoms with E-state index >= 15 is 0 Å². The minimum absolute atomic E-state index is 0.0583. The first-order valence-corrected chi connectivity index (χ1v) is 3.28. The molecule has 0 bridgehead atoms. The van der Waals surface area contributed by atoms with Gasteiger partial charge in [-0.25, -0.2) is 0 Å². The fraction of sp³-hybridized carbons (Fsp3) is 0.833. The lowest BCUT2D eigenvalue weighted by molar-refractivity contribution is -0.270. The summed E-state index contributed by atoms with van der Waals surface area (Å²) in [6.07, 6.45) is -5.33. The topological polar surface area (TPSA) is 46.5 Å². The van der Waals surface area contributed by atoms with E-state index in [1.54, 1.807) is 0 Å². The van der Waals surface area contributed by atoms with Crippen LogP contribution < -0.4 is 0 Å². The Hall–Kier alpha value is -0.620. The Bertz CT molecular complexity index is 201. The molecule has 0 aromatic rings.